The van der Waals surface area contributed by atoms with Crippen LogP contribution in [0.5, 0.6) is 0 Å². The summed E-state index contributed by atoms with van der Waals surface area (Å²) < 4.78 is 0. The average molecular weight is 620 g/mol. The minimum Gasteiger partial charge on any atom is -0.212 e. The highest BCUT2D eigenvalue weighted by Crippen LogP contribution is 2.57. The van der Waals surface area contributed by atoms with Gasteiger partial charge in [-0.1, -0.05) is 149 Å². The van der Waals surface area contributed by atoms with E-state index in [1.165, 1.54) is 55.6 Å². The van der Waals surface area contributed by atoms with Gasteiger partial charge in [0.25, 0.3) is 0 Å². The minimum atomic E-state index is -0.102. The molecule has 1 unspecified atom stereocenters. The number of hydrogen-bond donors (Lipinski definition) is 0. The predicted molar refractivity (Wildman–Crippen MR) is 197 cm³/mol. The first-order valence-corrected chi connectivity index (χ1v) is 17.0. The van der Waals surface area contributed by atoms with Crippen LogP contribution in [0.3, 0.4) is 0 Å². The van der Waals surface area contributed by atoms with Gasteiger partial charge in [-0.15, -0.1) is 0 Å². The molecule has 0 N–H and O–H groups in total. The summed E-state index contributed by atoms with van der Waals surface area (Å²) in [6, 6.07) is 39.8. The Bertz CT molecular complexity index is 2310. The van der Waals surface area contributed by atoms with Gasteiger partial charge in [-0.05, 0) is 74.2 Å². The zero-order valence-corrected chi connectivity index (χ0v) is 27.8. The highest BCUT2D eigenvalue weighted by molar-refractivity contribution is 5.96. The molecule has 0 radical (unpaired) electrons. The lowest BCUT2D eigenvalue weighted by atomic mass is 9.79. The van der Waals surface area contributed by atoms with Crippen molar-refractivity contribution in [3.63, 3.8) is 0 Å². The van der Waals surface area contributed by atoms with Crippen LogP contribution in [-0.4, -0.2) is 15.0 Å². The Morgan fingerprint density at radius 3 is 1.85 bits per heavy atom. The molecule has 0 amide bonds. The molecule has 0 saturated carbocycles. The Hall–Kier alpha value is -5.41. The Balaban J connectivity index is 1.15. The summed E-state index contributed by atoms with van der Waals surface area (Å²) in [4.78, 5) is 14.9. The maximum Gasteiger partial charge on any atom is 0.163 e. The summed E-state index contributed by atoms with van der Waals surface area (Å²) >= 11 is 0. The molecule has 1 heterocycles. The smallest absolute Gasteiger partial charge is 0.163 e. The standard InChI is InChI=1S/C45H37N3/c1-44(2)36-20-12-11-18-33(36)34-26-39-35(27-38(34)44)40-32(19-13-21-37(40)45(39,3)4)28-22-24-31(25-23-28)43-47-41(29-14-7-5-8-15-29)46-42(48-43)30-16-9-6-10-17-30/h5-16,18-27,30H,17H2,1-4H3. The third-order valence-electron chi connectivity index (χ3n) is 10.9. The van der Waals surface area contributed by atoms with Gasteiger partial charge < -0.3 is 0 Å². The van der Waals surface area contributed by atoms with E-state index in [0.29, 0.717) is 11.6 Å². The second-order valence-electron chi connectivity index (χ2n) is 14.4. The number of benzene rings is 5. The molecule has 0 aliphatic heterocycles. The van der Waals surface area contributed by atoms with Crippen LogP contribution in [0, 0.1) is 0 Å². The molecule has 3 nitrogen and oxygen atoms in total. The summed E-state index contributed by atoms with van der Waals surface area (Å²) in [5.41, 5.74) is 15.4. The quantitative estimate of drug-likeness (QED) is 0.197. The van der Waals surface area contributed by atoms with Crippen molar-refractivity contribution in [2.24, 2.45) is 0 Å². The van der Waals surface area contributed by atoms with E-state index in [1.54, 1.807) is 0 Å². The number of aromatic nitrogens is 3. The third kappa shape index (κ3) is 4.30. The SMILES string of the molecule is CC1(C)c2ccccc2-c2cc3c(cc21)-c1c(-c2ccc(-c4nc(-c5ccccc5)nc(C5C=CC=CC5)n4)cc2)cccc1C3(C)C. The number of nitrogens with zero attached hydrogens (tertiary/aromatic N) is 3. The molecule has 0 spiro atoms. The van der Waals surface area contributed by atoms with Crippen molar-refractivity contribution < 1.29 is 0 Å². The Labute approximate surface area is 282 Å². The molecule has 1 aromatic heterocycles. The fourth-order valence-corrected chi connectivity index (χ4v) is 8.20. The zero-order valence-electron chi connectivity index (χ0n) is 27.8. The van der Waals surface area contributed by atoms with Gasteiger partial charge in [0.1, 0.15) is 5.82 Å². The van der Waals surface area contributed by atoms with Gasteiger partial charge in [0.2, 0.25) is 0 Å². The summed E-state index contributed by atoms with van der Waals surface area (Å²) in [7, 11) is 0. The molecule has 3 aliphatic carbocycles. The molecule has 1 atom stereocenters. The van der Waals surface area contributed by atoms with Crippen molar-refractivity contribution in [1.82, 2.24) is 15.0 Å². The normalized spacial score (nSPS) is 17.5. The van der Waals surface area contributed by atoms with E-state index >= 15 is 0 Å². The monoisotopic (exact) mass is 619 g/mol. The third-order valence-corrected chi connectivity index (χ3v) is 10.9. The summed E-state index contributed by atoms with van der Waals surface area (Å²) in [6.07, 6.45) is 9.41. The Morgan fingerprint density at radius 2 is 1.10 bits per heavy atom. The first-order valence-electron chi connectivity index (χ1n) is 17.0. The lowest BCUT2D eigenvalue weighted by Crippen LogP contribution is -2.16. The van der Waals surface area contributed by atoms with Gasteiger partial charge in [-0.25, -0.2) is 15.0 Å². The van der Waals surface area contributed by atoms with Crippen LogP contribution in [0.4, 0.5) is 0 Å². The molecule has 3 heteroatoms. The maximum atomic E-state index is 5.02. The van der Waals surface area contributed by atoms with Gasteiger partial charge in [-0.2, -0.15) is 0 Å². The molecule has 48 heavy (non-hydrogen) atoms. The summed E-state index contributed by atoms with van der Waals surface area (Å²) in [5.74, 6) is 2.35. The minimum absolute atomic E-state index is 0.0455. The van der Waals surface area contributed by atoms with Crippen LogP contribution in [0.15, 0.2) is 133 Å². The van der Waals surface area contributed by atoms with Crippen LogP contribution < -0.4 is 0 Å². The van der Waals surface area contributed by atoms with Crippen molar-refractivity contribution in [2.45, 2.75) is 50.9 Å². The summed E-state index contributed by atoms with van der Waals surface area (Å²) in [5, 5.41) is 0. The molecule has 6 aromatic rings. The van der Waals surface area contributed by atoms with Crippen molar-refractivity contribution in [2.75, 3.05) is 0 Å². The zero-order chi connectivity index (χ0) is 32.6. The average Bonchev–Trinajstić information content (AvgIpc) is 3.50. The molecule has 0 fully saturated rings. The van der Waals surface area contributed by atoms with E-state index < -0.39 is 0 Å². The van der Waals surface area contributed by atoms with E-state index in [0.717, 1.165) is 23.4 Å². The van der Waals surface area contributed by atoms with Gasteiger partial charge in [0, 0.05) is 27.9 Å². The van der Waals surface area contributed by atoms with Crippen LogP contribution in [0.2, 0.25) is 0 Å². The number of hydrogen-bond acceptors (Lipinski definition) is 3. The van der Waals surface area contributed by atoms with Gasteiger partial charge in [-0.3, -0.25) is 0 Å². The highest BCUT2D eigenvalue weighted by Gasteiger charge is 2.42. The van der Waals surface area contributed by atoms with E-state index in [9.17, 15) is 0 Å². The largest absolute Gasteiger partial charge is 0.212 e. The number of allylic oxidation sites excluding steroid dienone is 4. The molecule has 3 aliphatic rings. The molecule has 5 aromatic carbocycles. The van der Waals surface area contributed by atoms with Crippen LogP contribution >= 0.6 is 0 Å². The number of fused-ring (bicyclic) bond motifs is 6. The molecule has 0 saturated heterocycles. The van der Waals surface area contributed by atoms with Crippen molar-refractivity contribution in [1.29, 1.82) is 0 Å². The van der Waals surface area contributed by atoms with Crippen LogP contribution in [0.1, 0.15) is 68.1 Å². The molecule has 232 valence electrons. The van der Waals surface area contributed by atoms with Crippen molar-refractivity contribution in [3.8, 4) is 56.2 Å². The molecule has 9 rings (SSSR count). The Kier molecular flexibility index (Phi) is 6.33. The van der Waals surface area contributed by atoms with E-state index in [4.69, 9.17) is 15.0 Å². The summed E-state index contributed by atoms with van der Waals surface area (Å²) in [6.45, 7) is 9.49. The van der Waals surface area contributed by atoms with Gasteiger partial charge in [0.05, 0.1) is 0 Å². The first kappa shape index (κ1) is 28.8. The van der Waals surface area contributed by atoms with E-state index in [-0.39, 0.29) is 16.7 Å². The highest BCUT2D eigenvalue weighted by atomic mass is 15.0. The first-order chi connectivity index (χ1) is 23.3. The van der Waals surface area contributed by atoms with Crippen LogP contribution in [0.25, 0.3) is 56.2 Å². The van der Waals surface area contributed by atoms with Crippen LogP contribution in [-0.2, 0) is 10.8 Å². The molecular formula is C45H37N3. The fourth-order valence-electron chi connectivity index (χ4n) is 8.20. The van der Waals surface area contributed by atoms with E-state index in [2.05, 4.69) is 143 Å². The Morgan fingerprint density at radius 1 is 0.500 bits per heavy atom. The predicted octanol–water partition coefficient (Wildman–Crippen LogP) is 11.1. The lowest BCUT2D eigenvalue weighted by molar-refractivity contribution is 0.652. The van der Waals surface area contributed by atoms with E-state index in [1.807, 2.05) is 18.2 Å². The fraction of sp³-hybridized carbons (Fsp3) is 0.178. The van der Waals surface area contributed by atoms with Crippen molar-refractivity contribution in [3.05, 3.63) is 162 Å². The topological polar surface area (TPSA) is 38.7 Å². The van der Waals surface area contributed by atoms with Gasteiger partial charge >= 0.3 is 0 Å². The van der Waals surface area contributed by atoms with Gasteiger partial charge in [0.15, 0.2) is 11.6 Å². The maximum absolute atomic E-state index is 5.02. The molecular weight excluding hydrogens is 583 g/mol. The van der Waals surface area contributed by atoms with Crippen molar-refractivity contribution >= 4 is 0 Å². The molecule has 0 bridgehead atoms. The number of rotatable bonds is 4. The second-order valence-corrected chi connectivity index (χ2v) is 14.4. The lowest BCUT2D eigenvalue weighted by Gasteiger charge is -2.24. The second kappa shape index (κ2) is 10.6.